The van der Waals surface area contributed by atoms with Crippen LogP contribution in [0.25, 0.3) is 0 Å². The minimum absolute atomic E-state index is 0.275. The standard InChI is InChI=1S/C19H21F2NO2/c20-16-3-6-18(7-4-16)24-19-8-5-17(21)14-15(19)2-1-9-22-10-12-23-13-11-22/h3-8,14H,1-2,9-13H2. The molecule has 1 aliphatic heterocycles. The van der Waals surface area contributed by atoms with Crippen molar-refractivity contribution in [2.24, 2.45) is 0 Å². The van der Waals surface area contributed by atoms with E-state index in [2.05, 4.69) is 4.90 Å². The van der Waals surface area contributed by atoms with Crippen LogP contribution in [0.4, 0.5) is 8.78 Å². The van der Waals surface area contributed by atoms with E-state index in [-0.39, 0.29) is 11.6 Å². The van der Waals surface area contributed by atoms with Crippen LogP contribution in [0.2, 0.25) is 0 Å². The summed E-state index contributed by atoms with van der Waals surface area (Å²) in [4.78, 5) is 2.35. The van der Waals surface area contributed by atoms with Crippen LogP contribution in [0.5, 0.6) is 11.5 Å². The highest BCUT2D eigenvalue weighted by Crippen LogP contribution is 2.27. The Labute approximate surface area is 140 Å². The zero-order valence-corrected chi connectivity index (χ0v) is 13.5. The first-order chi connectivity index (χ1) is 11.7. The van der Waals surface area contributed by atoms with Gasteiger partial charge in [0.2, 0.25) is 0 Å². The number of rotatable bonds is 6. The Hall–Kier alpha value is -1.98. The van der Waals surface area contributed by atoms with Crippen molar-refractivity contribution in [3.05, 3.63) is 59.7 Å². The Balaban J connectivity index is 1.62. The molecule has 0 atom stereocenters. The molecule has 0 aliphatic carbocycles. The molecule has 24 heavy (non-hydrogen) atoms. The van der Waals surface area contributed by atoms with Gasteiger partial charge >= 0.3 is 0 Å². The molecule has 1 saturated heterocycles. The van der Waals surface area contributed by atoms with Crippen LogP contribution >= 0.6 is 0 Å². The van der Waals surface area contributed by atoms with Crippen molar-refractivity contribution >= 4 is 0 Å². The third-order valence-electron chi connectivity index (χ3n) is 4.09. The van der Waals surface area contributed by atoms with Crippen LogP contribution in [0, 0.1) is 11.6 Å². The van der Waals surface area contributed by atoms with Gasteiger partial charge in [-0.3, -0.25) is 4.90 Å². The summed E-state index contributed by atoms with van der Waals surface area (Å²) >= 11 is 0. The lowest BCUT2D eigenvalue weighted by Gasteiger charge is -2.26. The topological polar surface area (TPSA) is 21.7 Å². The van der Waals surface area contributed by atoms with Gasteiger partial charge in [0.05, 0.1) is 13.2 Å². The maximum Gasteiger partial charge on any atom is 0.130 e. The molecule has 0 N–H and O–H groups in total. The van der Waals surface area contributed by atoms with Crippen LogP contribution in [-0.2, 0) is 11.2 Å². The van der Waals surface area contributed by atoms with E-state index < -0.39 is 0 Å². The zero-order chi connectivity index (χ0) is 16.8. The van der Waals surface area contributed by atoms with E-state index in [0.717, 1.165) is 51.3 Å². The monoisotopic (exact) mass is 333 g/mol. The SMILES string of the molecule is Fc1ccc(Oc2ccc(F)cc2CCCN2CCOCC2)cc1. The second-order valence-electron chi connectivity index (χ2n) is 5.87. The molecule has 3 rings (SSSR count). The third-order valence-corrected chi connectivity index (χ3v) is 4.09. The Morgan fingerprint density at radius 2 is 1.67 bits per heavy atom. The first-order valence-electron chi connectivity index (χ1n) is 8.23. The van der Waals surface area contributed by atoms with Gasteiger partial charge in [-0.05, 0) is 67.4 Å². The van der Waals surface area contributed by atoms with Crippen LogP contribution in [0.15, 0.2) is 42.5 Å². The number of benzene rings is 2. The van der Waals surface area contributed by atoms with Gasteiger partial charge in [-0.1, -0.05) is 0 Å². The summed E-state index contributed by atoms with van der Waals surface area (Å²) in [6.07, 6.45) is 1.65. The fourth-order valence-corrected chi connectivity index (χ4v) is 2.79. The number of hydrogen-bond donors (Lipinski definition) is 0. The molecule has 0 spiro atoms. The van der Waals surface area contributed by atoms with Crippen molar-refractivity contribution in [1.82, 2.24) is 4.90 Å². The summed E-state index contributed by atoms with van der Waals surface area (Å²) in [7, 11) is 0. The number of aryl methyl sites for hydroxylation is 1. The molecule has 0 aromatic heterocycles. The molecule has 0 amide bonds. The first kappa shape index (κ1) is 16.9. The molecule has 2 aromatic carbocycles. The average molecular weight is 333 g/mol. The van der Waals surface area contributed by atoms with E-state index >= 15 is 0 Å². The molecule has 0 saturated carbocycles. The predicted molar refractivity (Wildman–Crippen MR) is 88.5 cm³/mol. The van der Waals surface area contributed by atoms with Crippen molar-refractivity contribution in [1.29, 1.82) is 0 Å². The van der Waals surface area contributed by atoms with Crippen LogP contribution in [-0.4, -0.2) is 37.7 Å². The van der Waals surface area contributed by atoms with E-state index in [1.165, 1.54) is 24.3 Å². The molecule has 0 bridgehead atoms. The van der Waals surface area contributed by atoms with Gasteiger partial charge in [0.15, 0.2) is 0 Å². The normalized spacial score (nSPS) is 15.4. The molecule has 1 fully saturated rings. The van der Waals surface area contributed by atoms with Crippen LogP contribution in [0.3, 0.4) is 0 Å². The second kappa shape index (κ2) is 8.22. The number of ether oxygens (including phenoxy) is 2. The summed E-state index contributed by atoms with van der Waals surface area (Å²) in [5, 5.41) is 0. The molecular weight excluding hydrogens is 312 g/mol. The summed E-state index contributed by atoms with van der Waals surface area (Å²) < 4.78 is 37.7. The lowest BCUT2D eigenvalue weighted by molar-refractivity contribution is 0.0374. The van der Waals surface area contributed by atoms with Crippen LogP contribution < -0.4 is 4.74 Å². The van der Waals surface area contributed by atoms with Crippen molar-refractivity contribution in [2.75, 3.05) is 32.8 Å². The van der Waals surface area contributed by atoms with Crippen molar-refractivity contribution in [2.45, 2.75) is 12.8 Å². The Bertz CT molecular complexity index is 655. The Kier molecular flexibility index (Phi) is 5.77. The minimum atomic E-state index is -0.313. The van der Waals surface area contributed by atoms with Gasteiger partial charge in [-0.15, -0.1) is 0 Å². The number of morpholine rings is 1. The molecule has 3 nitrogen and oxygen atoms in total. The van der Waals surface area contributed by atoms with Gasteiger partial charge < -0.3 is 9.47 Å². The second-order valence-corrected chi connectivity index (χ2v) is 5.87. The smallest absolute Gasteiger partial charge is 0.130 e. The summed E-state index contributed by atoms with van der Waals surface area (Å²) in [6.45, 7) is 4.40. The molecule has 2 aromatic rings. The Morgan fingerprint density at radius 1 is 0.958 bits per heavy atom. The fourth-order valence-electron chi connectivity index (χ4n) is 2.79. The average Bonchev–Trinajstić information content (AvgIpc) is 2.60. The van der Waals surface area contributed by atoms with Crippen molar-refractivity contribution in [3.63, 3.8) is 0 Å². The molecular formula is C19H21F2NO2. The largest absolute Gasteiger partial charge is 0.457 e. The van der Waals surface area contributed by atoms with Gasteiger partial charge in [0, 0.05) is 13.1 Å². The highest BCUT2D eigenvalue weighted by molar-refractivity contribution is 5.38. The molecule has 1 heterocycles. The third kappa shape index (κ3) is 4.76. The molecule has 0 radical (unpaired) electrons. The van der Waals surface area contributed by atoms with E-state index in [0.29, 0.717) is 11.5 Å². The van der Waals surface area contributed by atoms with Crippen LogP contribution in [0.1, 0.15) is 12.0 Å². The van der Waals surface area contributed by atoms with E-state index in [1.54, 1.807) is 18.2 Å². The van der Waals surface area contributed by atoms with E-state index in [9.17, 15) is 8.78 Å². The summed E-state index contributed by atoms with van der Waals surface area (Å²) in [5.41, 5.74) is 0.826. The summed E-state index contributed by atoms with van der Waals surface area (Å²) in [5.74, 6) is 0.567. The maximum absolute atomic E-state index is 13.6. The van der Waals surface area contributed by atoms with Gasteiger partial charge in [-0.25, -0.2) is 8.78 Å². The molecule has 128 valence electrons. The van der Waals surface area contributed by atoms with Gasteiger partial charge in [0.25, 0.3) is 0 Å². The molecule has 0 unspecified atom stereocenters. The van der Waals surface area contributed by atoms with Crippen molar-refractivity contribution in [3.8, 4) is 11.5 Å². The highest BCUT2D eigenvalue weighted by atomic mass is 19.1. The van der Waals surface area contributed by atoms with Gasteiger partial charge in [-0.2, -0.15) is 0 Å². The summed E-state index contributed by atoms with van der Waals surface area (Å²) in [6, 6.07) is 10.3. The highest BCUT2D eigenvalue weighted by Gasteiger charge is 2.11. The van der Waals surface area contributed by atoms with Crippen molar-refractivity contribution < 1.29 is 18.3 Å². The zero-order valence-electron chi connectivity index (χ0n) is 13.5. The minimum Gasteiger partial charge on any atom is -0.457 e. The Morgan fingerprint density at radius 3 is 2.42 bits per heavy atom. The maximum atomic E-state index is 13.6. The number of halogens is 2. The lowest BCUT2D eigenvalue weighted by atomic mass is 10.1. The predicted octanol–water partition coefficient (Wildman–Crippen LogP) is 4.02. The van der Waals surface area contributed by atoms with E-state index in [4.69, 9.17) is 9.47 Å². The number of hydrogen-bond acceptors (Lipinski definition) is 3. The number of nitrogens with zero attached hydrogens (tertiary/aromatic N) is 1. The molecule has 1 aliphatic rings. The lowest BCUT2D eigenvalue weighted by Crippen LogP contribution is -2.36. The van der Waals surface area contributed by atoms with Gasteiger partial charge in [0.1, 0.15) is 23.1 Å². The first-order valence-corrected chi connectivity index (χ1v) is 8.23. The quantitative estimate of drug-likeness (QED) is 0.797. The fraction of sp³-hybridized carbons (Fsp3) is 0.368. The van der Waals surface area contributed by atoms with E-state index in [1.807, 2.05) is 0 Å². The molecule has 5 heteroatoms.